The Hall–Kier alpha value is -2.29. The normalized spacial score (nSPS) is 32.3. The molecule has 1 aromatic rings. The average Bonchev–Trinajstić information content (AvgIpc) is 3.19. The second kappa shape index (κ2) is 6.90. The van der Waals surface area contributed by atoms with Crippen molar-refractivity contribution in [1.29, 1.82) is 0 Å². The van der Waals surface area contributed by atoms with E-state index in [9.17, 15) is 14.4 Å². The number of hydrogen-bond donors (Lipinski definition) is 2. The van der Waals surface area contributed by atoms with E-state index >= 15 is 0 Å². The highest BCUT2D eigenvalue weighted by Crippen LogP contribution is 2.35. The lowest BCUT2D eigenvalue weighted by Gasteiger charge is -2.34. The van der Waals surface area contributed by atoms with E-state index in [2.05, 4.69) is 16.3 Å². The van der Waals surface area contributed by atoms with Gasteiger partial charge in [-0.25, -0.2) is 0 Å². The summed E-state index contributed by atoms with van der Waals surface area (Å²) in [6, 6.07) is 5.21. The highest BCUT2D eigenvalue weighted by atomic mass is 16.5. The minimum Gasteiger partial charge on any atom is -0.381 e. The lowest BCUT2D eigenvalue weighted by molar-refractivity contribution is -0.136. The zero-order chi connectivity index (χ0) is 20.2. The fourth-order valence-electron chi connectivity index (χ4n) is 5.25. The van der Waals surface area contributed by atoms with Crippen molar-refractivity contribution >= 4 is 17.7 Å². The van der Waals surface area contributed by atoms with E-state index in [0.717, 1.165) is 43.8 Å². The topological polar surface area (TPSA) is 105 Å². The highest BCUT2D eigenvalue weighted by Gasteiger charge is 2.46. The molecule has 0 aliphatic carbocycles. The van der Waals surface area contributed by atoms with Crippen LogP contribution in [0.4, 0.5) is 0 Å². The van der Waals surface area contributed by atoms with Gasteiger partial charge >= 0.3 is 0 Å². The summed E-state index contributed by atoms with van der Waals surface area (Å²) in [7, 11) is 0. The molecule has 1 unspecified atom stereocenters. The van der Waals surface area contributed by atoms with Crippen molar-refractivity contribution in [1.82, 2.24) is 15.1 Å². The Bertz CT molecular complexity index is 887. The van der Waals surface area contributed by atoms with E-state index in [1.165, 1.54) is 0 Å². The van der Waals surface area contributed by atoms with Gasteiger partial charge in [0.2, 0.25) is 11.8 Å². The summed E-state index contributed by atoms with van der Waals surface area (Å²) in [4.78, 5) is 40.7. The number of nitrogens with zero attached hydrogens (tertiary/aromatic N) is 2. The maximum atomic E-state index is 13.0. The molecule has 3 saturated heterocycles. The third kappa shape index (κ3) is 3.15. The lowest BCUT2D eigenvalue weighted by atomic mass is 9.84. The van der Waals surface area contributed by atoms with E-state index in [1.54, 1.807) is 4.90 Å². The van der Waals surface area contributed by atoms with Gasteiger partial charge in [0.15, 0.2) is 0 Å². The summed E-state index contributed by atoms with van der Waals surface area (Å²) in [5.74, 6) is -0.436. The van der Waals surface area contributed by atoms with Crippen LogP contribution in [-0.4, -0.2) is 65.4 Å². The number of carbonyl (C=O) groups excluding carboxylic acids is 3. The number of piperidine rings is 1. The van der Waals surface area contributed by atoms with Gasteiger partial charge in [0, 0.05) is 56.2 Å². The molecule has 3 fully saturated rings. The van der Waals surface area contributed by atoms with Gasteiger partial charge in [0.05, 0.1) is 6.61 Å². The Labute approximate surface area is 169 Å². The van der Waals surface area contributed by atoms with Crippen LogP contribution < -0.4 is 11.1 Å². The van der Waals surface area contributed by atoms with E-state index in [-0.39, 0.29) is 29.7 Å². The third-order valence-electron chi connectivity index (χ3n) is 6.91. The quantitative estimate of drug-likeness (QED) is 0.695. The number of hydrogen-bond acceptors (Lipinski definition) is 6. The predicted octanol–water partition coefficient (Wildman–Crippen LogP) is -0.00280. The first-order valence-electron chi connectivity index (χ1n) is 10.3. The van der Waals surface area contributed by atoms with Crippen molar-refractivity contribution in [2.75, 3.05) is 26.3 Å². The first-order valence-corrected chi connectivity index (χ1v) is 10.3. The standard InChI is InChI=1S/C21H26N4O4/c22-21-6-7-29-11-14(21)9-24(12-21)8-13-2-1-3-15-16(13)10-25(20(15)28)17-4-5-18(26)23-19(17)27/h1-3,14,17H,4-12,22H2,(H,23,26,27)/t14-,17?,21+/m0/s1. The summed E-state index contributed by atoms with van der Waals surface area (Å²) in [6.45, 7) is 4.29. The molecular weight excluding hydrogens is 372 g/mol. The Morgan fingerprint density at radius 1 is 1.28 bits per heavy atom. The first kappa shape index (κ1) is 18.7. The van der Waals surface area contributed by atoms with Crippen LogP contribution in [0.25, 0.3) is 0 Å². The maximum absolute atomic E-state index is 13.0. The van der Waals surface area contributed by atoms with Crippen molar-refractivity contribution in [3.63, 3.8) is 0 Å². The molecule has 0 bridgehead atoms. The van der Waals surface area contributed by atoms with Crippen LogP contribution in [-0.2, 0) is 27.4 Å². The number of benzene rings is 1. The SMILES string of the molecule is N[C@@]12CCOC[C@@H]1CN(Cc1cccc3c1CN(C1CCC(=O)NC1=O)C3=O)C2. The molecule has 29 heavy (non-hydrogen) atoms. The van der Waals surface area contributed by atoms with Gasteiger partial charge in [0.1, 0.15) is 6.04 Å². The van der Waals surface area contributed by atoms with Crippen LogP contribution in [0, 0.1) is 5.92 Å². The van der Waals surface area contributed by atoms with E-state index in [1.807, 2.05) is 12.1 Å². The minimum atomic E-state index is -0.584. The highest BCUT2D eigenvalue weighted by molar-refractivity contribution is 6.05. The molecular formula is C21H26N4O4. The molecule has 3 atom stereocenters. The molecule has 0 radical (unpaired) electrons. The lowest BCUT2D eigenvalue weighted by Crippen LogP contribution is -2.52. The summed E-state index contributed by atoms with van der Waals surface area (Å²) in [5, 5.41) is 2.35. The predicted molar refractivity (Wildman–Crippen MR) is 104 cm³/mol. The second-order valence-corrected chi connectivity index (χ2v) is 8.77. The van der Waals surface area contributed by atoms with E-state index in [0.29, 0.717) is 31.1 Å². The molecule has 1 aromatic carbocycles. The number of rotatable bonds is 3. The van der Waals surface area contributed by atoms with Gasteiger partial charge in [-0.05, 0) is 30.0 Å². The zero-order valence-electron chi connectivity index (χ0n) is 16.4. The number of imide groups is 1. The molecule has 4 heterocycles. The fourth-order valence-corrected chi connectivity index (χ4v) is 5.25. The molecule has 0 spiro atoms. The number of nitrogens with one attached hydrogen (secondary N) is 1. The average molecular weight is 398 g/mol. The molecule has 3 N–H and O–H groups in total. The smallest absolute Gasteiger partial charge is 0.255 e. The Morgan fingerprint density at radius 3 is 2.93 bits per heavy atom. The number of fused-ring (bicyclic) bond motifs is 2. The van der Waals surface area contributed by atoms with Gasteiger partial charge in [-0.15, -0.1) is 0 Å². The molecule has 4 aliphatic heterocycles. The monoisotopic (exact) mass is 398 g/mol. The summed E-state index contributed by atoms with van der Waals surface area (Å²) < 4.78 is 5.61. The van der Waals surface area contributed by atoms with Gasteiger partial charge in [-0.3, -0.25) is 24.6 Å². The van der Waals surface area contributed by atoms with Crippen molar-refractivity contribution in [2.45, 2.75) is 43.9 Å². The number of amides is 3. The van der Waals surface area contributed by atoms with Crippen LogP contribution in [0.3, 0.4) is 0 Å². The molecule has 8 nitrogen and oxygen atoms in total. The first-order chi connectivity index (χ1) is 13.9. The van der Waals surface area contributed by atoms with Gasteiger partial charge in [-0.2, -0.15) is 0 Å². The zero-order valence-corrected chi connectivity index (χ0v) is 16.4. The van der Waals surface area contributed by atoms with Crippen molar-refractivity contribution in [3.8, 4) is 0 Å². The van der Waals surface area contributed by atoms with Crippen molar-refractivity contribution in [3.05, 3.63) is 34.9 Å². The number of carbonyl (C=O) groups is 3. The van der Waals surface area contributed by atoms with Gasteiger partial charge < -0.3 is 15.4 Å². The van der Waals surface area contributed by atoms with Gasteiger partial charge in [-0.1, -0.05) is 12.1 Å². The number of ether oxygens (including phenoxy) is 1. The molecule has 4 aliphatic rings. The minimum absolute atomic E-state index is 0.130. The Morgan fingerprint density at radius 2 is 2.14 bits per heavy atom. The number of nitrogens with two attached hydrogens (primary N) is 1. The van der Waals surface area contributed by atoms with Crippen LogP contribution in [0.5, 0.6) is 0 Å². The summed E-state index contributed by atoms with van der Waals surface area (Å²) in [6.07, 6.45) is 1.52. The molecule has 0 aromatic heterocycles. The summed E-state index contributed by atoms with van der Waals surface area (Å²) >= 11 is 0. The van der Waals surface area contributed by atoms with Crippen LogP contribution in [0.15, 0.2) is 18.2 Å². The van der Waals surface area contributed by atoms with E-state index < -0.39 is 6.04 Å². The summed E-state index contributed by atoms with van der Waals surface area (Å²) in [5.41, 5.74) is 9.20. The molecule has 154 valence electrons. The number of likely N-dealkylation sites (tertiary alicyclic amines) is 1. The van der Waals surface area contributed by atoms with Crippen molar-refractivity contribution in [2.24, 2.45) is 11.7 Å². The molecule has 0 saturated carbocycles. The molecule has 3 amide bonds. The molecule has 8 heteroatoms. The second-order valence-electron chi connectivity index (χ2n) is 8.77. The molecule has 5 rings (SSSR count). The fraction of sp³-hybridized carbons (Fsp3) is 0.571. The largest absolute Gasteiger partial charge is 0.381 e. The maximum Gasteiger partial charge on any atom is 0.255 e. The Balaban J connectivity index is 1.35. The third-order valence-corrected chi connectivity index (χ3v) is 6.91. The van der Waals surface area contributed by atoms with Crippen LogP contribution >= 0.6 is 0 Å². The van der Waals surface area contributed by atoms with E-state index in [4.69, 9.17) is 10.5 Å². The van der Waals surface area contributed by atoms with Crippen LogP contribution in [0.1, 0.15) is 40.7 Å². The Kier molecular flexibility index (Phi) is 4.45. The van der Waals surface area contributed by atoms with Crippen molar-refractivity contribution < 1.29 is 19.1 Å². The van der Waals surface area contributed by atoms with Gasteiger partial charge in [0.25, 0.3) is 5.91 Å². The van der Waals surface area contributed by atoms with Crippen LogP contribution in [0.2, 0.25) is 0 Å².